The molecule has 4 nitrogen and oxygen atoms in total. The highest BCUT2D eigenvalue weighted by Crippen LogP contribution is 2.17. The second kappa shape index (κ2) is 6.78. The van der Waals surface area contributed by atoms with Crippen LogP contribution in [0, 0.1) is 11.3 Å². The first kappa shape index (κ1) is 14.9. The van der Waals surface area contributed by atoms with Gasteiger partial charge in [0.15, 0.2) is 6.61 Å². The monoisotopic (exact) mass is 300 g/mol. The van der Waals surface area contributed by atoms with Gasteiger partial charge in [-0.1, -0.05) is 17.7 Å². The Labute approximate surface area is 128 Å². The molecule has 0 unspecified atom stereocenters. The number of hydrogen-bond acceptors (Lipinski definition) is 3. The number of carbonyl (C=O) groups excluding carboxylic acids is 1. The molecular weight excluding hydrogens is 288 g/mol. The highest BCUT2D eigenvalue weighted by molar-refractivity contribution is 6.30. The molecule has 0 bridgehead atoms. The lowest BCUT2D eigenvalue weighted by Crippen LogP contribution is -2.31. The van der Waals surface area contributed by atoms with E-state index in [1.54, 1.807) is 55.6 Å². The highest BCUT2D eigenvalue weighted by atomic mass is 35.5. The highest BCUT2D eigenvalue weighted by Gasteiger charge is 2.12. The number of halogens is 1. The number of nitrogens with zero attached hydrogens (tertiary/aromatic N) is 2. The van der Waals surface area contributed by atoms with Gasteiger partial charge in [-0.25, -0.2) is 0 Å². The minimum atomic E-state index is -0.208. The van der Waals surface area contributed by atoms with Crippen LogP contribution in [0.25, 0.3) is 0 Å². The van der Waals surface area contributed by atoms with Crippen molar-refractivity contribution in [2.45, 2.75) is 0 Å². The topological polar surface area (TPSA) is 53.3 Å². The third kappa shape index (κ3) is 3.98. The lowest BCUT2D eigenvalue weighted by atomic mass is 10.2. The van der Waals surface area contributed by atoms with Gasteiger partial charge in [-0.15, -0.1) is 0 Å². The molecule has 21 heavy (non-hydrogen) atoms. The number of carbonyl (C=O) groups is 1. The van der Waals surface area contributed by atoms with Crippen LogP contribution in [0.15, 0.2) is 48.5 Å². The van der Waals surface area contributed by atoms with E-state index in [0.29, 0.717) is 22.0 Å². The molecule has 0 aliphatic rings. The van der Waals surface area contributed by atoms with Crippen LogP contribution in [0.5, 0.6) is 5.75 Å². The van der Waals surface area contributed by atoms with Crippen molar-refractivity contribution in [2.24, 2.45) is 0 Å². The van der Waals surface area contributed by atoms with Crippen LogP contribution < -0.4 is 9.64 Å². The molecule has 2 aromatic carbocycles. The van der Waals surface area contributed by atoms with Crippen LogP contribution in [0.3, 0.4) is 0 Å². The number of nitriles is 1. The zero-order valence-electron chi connectivity index (χ0n) is 11.4. The first-order valence-electron chi connectivity index (χ1n) is 6.25. The second-order valence-electron chi connectivity index (χ2n) is 4.36. The summed E-state index contributed by atoms with van der Waals surface area (Å²) in [5, 5.41) is 9.48. The Kier molecular flexibility index (Phi) is 4.81. The first-order chi connectivity index (χ1) is 10.1. The van der Waals surface area contributed by atoms with Crippen molar-refractivity contribution in [1.29, 1.82) is 5.26 Å². The van der Waals surface area contributed by atoms with Crippen LogP contribution in [0.1, 0.15) is 5.56 Å². The molecule has 0 heterocycles. The molecule has 0 atom stereocenters. The molecule has 0 aliphatic heterocycles. The molecule has 0 aromatic heterocycles. The normalized spacial score (nSPS) is 9.76. The number of benzene rings is 2. The molecule has 2 aromatic rings. The minimum Gasteiger partial charge on any atom is -0.484 e. The summed E-state index contributed by atoms with van der Waals surface area (Å²) in [6, 6.07) is 15.7. The van der Waals surface area contributed by atoms with Crippen molar-refractivity contribution < 1.29 is 9.53 Å². The molecule has 1 amide bonds. The van der Waals surface area contributed by atoms with Crippen LogP contribution >= 0.6 is 11.6 Å². The average Bonchev–Trinajstić information content (AvgIpc) is 2.53. The molecule has 0 spiro atoms. The number of rotatable bonds is 4. The molecule has 0 saturated heterocycles. The van der Waals surface area contributed by atoms with Gasteiger partial charge < -0.3 is 9.64 Å². The maximum atomic E-state index is 12.1. The fourth-order valence-corrected chi connectivity index (χ4v) is 1.83. The maximum absolute atomic E-state index is 12.1. The van der Waals surface area contributed by atoms with Crippen LogP contribution in [0.4, 0.5) is 5.69 Å². The van der Waals surface area contributed by atoms with Crippen molar-refractivity contribution in [3.05, 3.63) is 59.1 Å². The van der Waals surface area contributed by atoms with Crippen molar-refractivity contribution in [2.75, 3.05) is 18.6 Å². The largest absolute Gasteiger partial charge is 0.484 e. The maximum Gasteiger partial charge on any atom is 0.264 e. The Hall–Kier alpha value is -2.51. The SMILES string of the molecule is CN(C(=O)COc1ccc(Cl)cc1)c1cccc(C#N)c1. The molecule has 0 fully saturated rings. The van der Waals surface area contributed by atoms with Crippen molar-refractivity contribution in [1.82, 2.24) is 0 Å². The minimum absolute atomic E-state index is 0.0884. The molecule has 0 radical (unpaired) electrons. The molecule has 106 valence electrons. The fourth-order valence-electron chi connectivity index (χ4n) is 1.70. The van der Waals surface area contributed by atoms with Gasteiger partial charge >= 0.3 is 0 Å². The lowest BCUT2D eigenvalue weighted by Gasteiger charge is -2.17. The van der Waals surface area contributed by atoms with Crippen molar-refractivity contribution in [3.8, 4) is 11.8 Å². The molecule has 2 rings (SSSR count). The zero-order chi connectivity index (χ0) is 15.2. The first-order valence-corrected chi connectivity index (χ1v) is 6.63. The summed E-state index contributed by atoms with van der Waals surface area (Å²) >= 11 is 5.78. The Morgan fingerprint density at radius 2 is 2.00 bits per heavy atom. The summed E-state index contributed by atoms with van der Waals surface area (Å²) in [5.41, 5.74) is 1.16. The molecule has 5 heteroatoms. The summed E-state index contributed by atoms with van der Waals surface area (Å²) < 4.78 is 5.41. The summed E-state index contributed by atoms with van der Waals surface area (Å²) in [6.07, 6.45) is 0. The smallest absolute Gasteiger partial charge is 0.264 e. The van der Waals surface area contributed by atoms with Crippen molar-refractivity contribution in [3.63, 3.8) is 0 Å². The van der Waals surface area contributed by atoms with Gasteiger partial charge in [0.2, 0.25) is 0 Å². The van der Waals surface area contributed by atoms with E-state index in [1.165, 1.54) is 4.90 Å². The Morgan fingerprint density at radius 1 is 1.29 bits per heavy atom. The molecule has 0 saturated carbocycles. The summed E-state index contributed by atoms with van der Waals surface area (Å²) in [5.74, 6) is 0.368. The van der Waals surface area contributed by atoms with Gasteiger partial charge in [0.05, 0.1) is 11.6 Å². The predicted octanol–water partition coefficient (Wildman–Crippen LogP) is 3.25. The quantitative estimate of drug-likeness (QED) is 0.871. The lowest BCUT2D eigenvalue weighted by molar-refractivity contribution is -0.120. The van der Waals surface area contributed by atoms with E-state index in [1.807, 2.05) is 6.07 Å². The fraction of sp³-hybridized carbons (Fsp3) is 0.125. The predicted molar refractivity (Wildman–Crippen MR) is 81.5 cm³/mol. The van der Waals surface area contributed by atoms with Gasteiger partial charge in [0.1, 0.15) is 5.75 Å². The van der Waals surface area contributed by atoms with Gasteiger partial charge in [-0.3, -0.25) is 4.79 Å². The van der Waals surface area contributed by atoms with Gasteiger partial charge in [-0.05, 0) is 42.5 Å². The summed E-state index contributed by atoms with van der Waals surface area (Å²) in [6.45, 7) is -0.0884. The number of hydrogen-bond donors (Lipinski definition) is 0. The Balaban J connectivity index is 1.99. The average molecular weight is 301 g/mol. The van der Waals surface area contributed by atoms with E-state index in [4.69, 9.17) is 21.6 Å². The van der Waals surface area contributed by atoms with E-state index in [-0.39, 0.29) is 12.5 Å². The van der Waals surface area contributed by atoms with E-state index >= 15 is 0 Å². The number of amides is 1. The summed E-state index contributed by atoms with van der Waals surface area (Å²) in [7, 11) is 1.64. The van der Waals surface area contributed by atoms with Crippen molar-refractivity contribution >= 4 is 23.2 Å². The number of anilines is 1. The third-order valence-corrected chi connectivity index (χ3v) is 3.16. The molecule has 0 aliphatic carbocycles. The zero-order valence-corrected chi connectivity index (χ0v) is 12.2. The number of ether oxygens (including phenoxy) is 1. The van der Waals surface area contributed by atoms with E-state index in [0.717, 1.165) is 0 Å². The van der Waals surface area contributed by atoms with Gasteiger partial charge in [0, 0.05) is 17.8 Å². The summed E-state index contributed by atoms with van der Waals surface area (Å²) in [4.78, 5) is 13.5. The molecule has 0 N–H and O–H groups in total. The van der Waals surface area contributed by atoms with E-state index in [9.17, 15) is 4.79 Å². The van der Waals surface area contributed by atoms with Crippen LogP contribution in [0.2, 0.25) is 5.02 Å². The van der Waals surface area contributed by atoms with E-state index < -0.39 is 0 Å². The third-order valence-electron chi connectivity index (χ3n) is 2.91. The van der Waals surface area contributed by atoms with E-state index in [2.05, 4.69) is 0 Å². The van der Waals surface area contributed by atoms with Gasteiger partial charge in [-0.2, -0.15) is 5.26 Å². The van der Waals surface area contributed by atoms with Gasteiger partial charge in [0.25, 0.3) is 5.91 Å². The molecular formula is C16H13ClN2O2. The number of likely N-dealkylation sites (N-methyl/N-ethyl adjacent to an activating group) is 1. The van der Waals surface area contributed by atoms with Crippen LogP contribution in [-0.4, -0.2) is 19.6 Å². The standard InChI is InChI=1S/C16H13ClN2O2/c1-19(14-4-2-3-12(9-14)10-18)16(20)11-21-15-7-5-13(17)6-8-15/h2-9H,11H2,1H3. The Morgan fingerprint density at radius 3 is 2.67 bits per heavy atom. The Bertz CT molecular complexity index is 677. The second-order valence-corrected chi connectivity index (χ2v) is 4.79. The van der Waals surface area contributed by atoms with Crippen LogP contribution in [-0.2, 0) is 4.79 Å².